The van der Waals surface area contributed by atoms with E-state index >= 15 is 0 Å². The smallest absolute Gasteiger partial charge is 0.119 e. The number of aliphatic hydroxyl groups excluding tert-OH is 1. The number of aromatic amines is 1. The normalized spacial score (nSPS) is 11.5. The van der Waals surface area contributed by atoms with Crippen molar-refractivity contribution in [3.63, 3.8) is 0 Å². The molecule has 2 heterocycles. The molecule has 0 aliphatic heterocycles. The summed E-state index contributed by atoms with van der Waals surface area (Å²) in [5.41, 5.74) is 5.90. The Bertz CT molecular complexity index is 1100. The van der Waals surface area contributed by atoms with Gasteiger partial charge in [0, 0.05) is 55.1 Å². The lowest BCUT2D eigenvalue weighted by Crippen LogP contribution is -2.17. The second-order valence-electron chi connectivity index (χ2n) is 7.67. The first-order chi connectivity index (χ1) is 14.7. The van der Waals surface area contributed by atoms with Crippen molar-refractivity contribution in [2.45, 2.75) is 26.1 Å². The van der Waals surface area contributed by atoms with Crippen LogP contribution in [-0.2, 0) is 19.6 Å². The molecule has 0 amide bonds. The van der Waals surface area contributed by atoms with Gasteiger partial charge in [0.25, 0.3) is 0 Å². The van der Waals surface area contributed by atoms with Crippen molar-refractivity contribution in [1.29, 1.82) is 0 Å². The van der Waals surface area contributed by atoms with Crippen LogP contribution in [0.5, 0.6) is 5.75 Å². The summed E-state index contributed by atoms with van der Waals surface area (Å²) in [6.07, 6.45) is 6.70. The molecule has 4 rings (SSSR count). The van der Waals surface area contributed by atoms with E-state index in [4.69, 9.17) is 4.74 Å². The average Bonchev–Trinajstić information content (AvgIpc) is 3.41. The number of rotatable bonds is 9. The van der Waals surface area contributed by atoms with Gasteiger partial charge < -0.3 is 14.4 Å². The molecule has 0 bridgehead atoms. The minimum absolute atomic E-state index is 0.187. The van der Waals surface area contributed by atoms with Crippen molar-refractivity contribution >= 4 is 10.9 Å². The van der Waals surface area contributed by atoms with E-state index in [1.165, 1.54) is 22.0 Å². The number of ether oxygens (including phenoxy) is 1. The van der Waals surface area contributed by atoms with Crippen molar-refractivity contribution in [3.05, 3.63) is 72.2 Å². The zero-order valence-electron chi connectivity index (χ0n) is 17.5. The zero-order chi connectivity index (χ0) is 20.9. The summed E-state index contributed by atoms with van der Waals surface area (Å²) >= 11 is 0. The van der Waals surface area contributed by atoms with E-state index in [1.807, 2.05) is 24.5 Å². The van der Waals surface area contributed by atoms with Crippen LogP contribution in [0.4, 0.5) is 0 Å². The molecule has 0 unspecified atom stereocenters. The molecule has 0 radical (unpaired) electrons. The Morgan fingerprint density at radius 1 is 1.13 bits per heavy atom. The van der Waals surface area contributed by atoms with Crippen molar-refractivity contribution in [3.8, 4) is 16.9 Å². The predicted molar refractivity (Wildman–Crippen MR) is 119 cm³/mol. The van der Waals surface area contributed by atoms with Crippen LogP contribution >= 0.6 is 0 Å². The highest BCUT2D eigenvalue weighted by Gasteiger charge is 2.13. The third-order valence-electron chi connectivity index (χ3n) is 5.38. The average molecular weight is 405 g/mol. The van der Waals surface area contributed by atoms with Gasteiger partial charge in [-0.05, 0) is 48.4 Å². The number of methoxy groups -OCH3 is 1. The maximum Gasteiger partial charge on any atom is 0.119 e. The van der Waals surface area contributed by atoms with Crippen LogP contribution in [0.1, 0.15) is 17.5 Å². The summed E-state index contributed by atoms with van der Waals surface area (Å²) in [5.74, 6) is 0.883. The summed E-state index contributed by atoms with van der Waals surface area (Å²) in [7, 11) is 3.83. The molecule has 4 aromatic rings. The minimum Gasteiger partial charge on any atom is -0.497 e. The van der Waals surface area contributed by atoms with Gasteiger partial charge in [-0.1, -0.05) is 24.3 Å². The van der Waals surface area contributed by atoms with E-state index in [-0.39, 0.29) is 6.61 Å². The molecule has 6 heteroatoms. The third kappa shape index (κ3) is 4.40. The van der Waals surface area contributed by atoms with Crippen LogP contribution in [0.3, 0.4) is 0 Å². The Balaban J connectivity index is 1.61. The largest absolute Gasteiger partial charge is 0.497 e. The molecular weight excluding hydrogens is 376 g/mol. The molecule has 0 atom stereocenters. The Morgan fingerprint density at radius 2 is 2.03 bits per heavy atom. The predicted octanol–water partition coefficient (Wildman–Crippen LogP) is 4.05. The molecule has 0 spiro atoms. The monoisotopic (exact) mass is 404 g/mol. The minimum atomic E-state index is 0.187. The Morgan fingerprint density at radius 3 is 2.80 bits per heavy atom. The molecule has 0 fully saturated rings. The van der Waals surface area contributed by atoms with Gasteiger partial charge in [0.1, 0.15) is 5.75 Å². The number of aliphatic hydroxyl groups is 1. The number of hydrogen-bond acceptors (Lipinski definition) is 4. The number of nitrogens with zero attached hydrogens (tertiary/aromatic N) is 3. The lowest BCUT2D eigenvalue weighted by molar-refractivity contribution is 0.280. The number of fused-ring (bicyclic) bond motifs is 1. The van der Waals surface area contributed by atoms with E-state index in [2.05, 4.69) is 63.2 Å². The quantitative estimate of drug-likeness (QED) is 0.442. The van der Waals surface area contributed by atoms with E-state index < -0.39 is 0 Å². The van der Waals surface area contributed by atoms with Crippen molar-refractivity contribution in [2.75, 3.05) is 20.8 Å². The molecule has 0 aliphatic carbocycles. The highest BCUT2D eigenvalue weighted by atomic mass is 16.5. The van der Waals surface area contributed by atoms with Gasteiger partial charge >= 0.3 is 0 Å². The number of H-pyrrole nitrogens is 1. The van der Waals surface area contributed by atoms with Crippen molar-refractivity contribution < 1.29 is 9.84 Å². The number of aromatic nitrogens is 3. The summed E-state index contributed by atoms with van der Waals surface area (Å²) < 4.78 is 7.60. The fourth-order valence-electron chi connectivity index (χ4n) is 3.94. The highest BCUT2D eigenvalue weighted by Crippen LogP contribution is 2.29. The van der Waals surface area contributed by atoms with Gasteiger partial charge in [0.2, 0.25) is 0 Å². The third-order valence-corrected chi connectivity index (χ3v) is 5.38. The van der Waals surface area contributed by atoms with Crippen LogP contribution in [0.15, 0.2) is 61.1 Å². The number of benzene rings is 2. The topological polar surface area (TPSA) is 66.3 Å². The molecule has 2 aromatic carbocycles. The van der Waals surface area contributed by atoms with Crippen LogP contribution in [0.2, 0.25) is 0 Å². The fourth-order valence-corrected chi connectivity index (χ4v) is 3.94. The second-order valence-corrected chi connectivity index (χ2v) is 7.67. The molecule has 30 heavy (non-hydrogen) atoms. The van der Waals surface area contributed by atoms with Crippen molar-refractivity contribution in [2.24, 2.45) is 0 Å². The zero-order valence-corrected chi connectivity index (χ0v) is 17.5. The first-order valence-electron chi connectivity index (χ1n) is 10.2. The molecule has 156 valence electrons. The van der Waals surface area contributed by atoms with Crippen LogP contribution in [0.25, 0.3) is 22.0 Å². The maximum absolute atomic E-state index is 9.32. The van der Waals surface area contributed by atoms with Crippen molar-refractivity contribution in [1.82, 2.24) is 19.7 Å². The molecule has 6 nitrogen and oxygen atoms in total. The summed E-state index contributed by atoms with van der Waals surface area (Å²) in [5, 5.41) is 17.5. The molecular formula is C24H28N4O2. The maximum atomic E-state index is 9.32. The molecule has 2 aromatic heterocycles. The lowest BCUT2D eigenvalue weighted by Gasteiger charge is -2.17. The van der Waals surface area contributed by atoms with E-state index in [1.54, 1.807) is 7.11 Å². The number of nitrogens with one attached hydrogen (secondary N) is 1. The van der Waals surface area contributed by atoms with Gasteiger partial charge in [0.05, 0.1) is 13.3 Å². The molecule has 2 N–H and O–H groups in total. The first-order valence-corrected chi connectivity index (χ1v) is 10.2. The number of hydrogen-bond donors (Lipinski definition) is 2. The van der Waals surface area contributed by atoms with Gasteiger partial charge in [-0.25, -0.2) is 0 Å². The number of aryl methyl sites for hydroxylation is 1. The molecule has 0 saturated carbocycles. The standard InChI is InChI=1S/C24H28N4O2/c1-27(15-18-5-3-6-22(11-18)30-2)16-21-17-28(9-4-10-29)24-12-19(7-8-23(21)24)20-13-25-26-14-20/h3,5-8,11-14,17,29H,4,9-10,15-16H2,1-2H3,(H,25,26). The van der Waals surface area contributed by atoms with Gasteiger partial charge in [-0.15, -0.1) is 0 Å². The SMILES string of the molecule is COc1cccc(CN(C)Cc2cn(CCCO)c3cc(-c4cn[nH]c4)ccc23)c1. The van der Waals surface area contributed by atoms with Gasteiger partial charge in [0.15, 0.2) is 0 Å². The Hall–Kier alpha value is -3.09. The summed E-state index contributed by atoms with van der Waals surface area (Å²) in [6, 6.07) is 14.8. The van der Waals surface area contributed by atoms with Crippen LogP contribution in [-0.4, -0.2) is 45.5 Å². The molecule has 0 saturated heterocycles. The Kier molecular flexibility index (Phi) is 6.16. The Labute approximate surface area is 176 Å². The fraction of sp³-hybridized carbons (Fsp3) is 0.292. The first kappa shape index (κ1) is 20.2. The van der Waals surface area contributed by atoms with E-state index in [0.717, 1.165) is 42.9 Å². The second kappa shape index (κ2) is 9.15. The van der Waals surface area contributed by atoms with E-state index in [9.17, 15) is 5.11 Å². The van der Waals surface area contributed by atoms with Crippen LogP contribution < -0.4 is 4.74 Å². The summed E-state index contributed by atoms with van der Waals surface area (Å²) in [4.78, 5) is 2.31. The van der Waals surface area contributed by atoms with Crippen LogP contribution in [0, 0.1) is 0 Å². The van der Waals surface area contributed by atoms with E-state index in [0.29, 0.717) is 0 Å². The highest BCUT2D eigenvalue weighted by molar-refractivity contribution is 5.88. The van der Waals surface area contributed by atoms with Gasteiger partial charge in [-0.3, -0.25) is 10.00 Å². The molecule has 0 aliphatic rings. The lowest BCUT2D eigenvalue weighted by atomic mass is 10.1. The van der Waals surface area contributed by atoms with Gasteiger partial charge in [-0.2, -0.15) is 5.10 Å². The summed E-state index contributed by atoms with van der Waals surface area (Å²) in [6.45, 7) is 2.66.